The van der Waals surface area contributed by atoms with Crippen LogP contribution in [0.15, 0.2) is 78.9 Å². The monoisotopic (exact) mass is 351 g/mol. The van der Waals surface area contributed by atoms with Gasteiger partial charge in [-0.1, -0.05) is 78.3 Å². The molecule has 0 aliphatic rings. The molecule has 0 aliphatic heterocycles. The van der Waals surface area contributed by atoms with E-state index in [0.29, 0.717) is 6.61 Å². The van der Waals surface area contributed by atoms with Crippen molar-refractivity contribution >= 4 is 11.6 Å². The summed E-state index contributed by atoms with van der Waals surface area (Å²) in [6, 6.07) is 26.6. The van der Waals surface area contributed by atoms with Gasteiger partial charge in [-0.3, -0.25) is 0 Å². The quantitative estimate of drug-likeness (QED) is 0.583. The van der Waals surface area contributed by atoms with Crippen molar-refractivity contribution < 1.29 is 4.74 Å². The van der Waals surface area contributed by atoms with Crippen molar-refractivity contribution in [1.82, 2.24) is 5.32 Å². The van der Waals surface area contributed by atoms with Crippen molar-refractivity contribution in [2.75, 3.05) is 0 Å². The summed E-state index contributed by atoms with van der Waals surface area (Å²) in [4.78, 5) is 0. The van der Waals surface area contributed by atoms with Gasteiger partial charge < -0.3 is 10.1 Å². The van der Waals surface area contributed by atoms with Gasteiger partial charge in [0.25, 0.3) is 0 Å². The molecule has 0 saturated heterocycles. The molecule has 0 fully saturated rings. The number of para-hydroxylation sites is 1. The van der Waals surface area contributed by atoms with Crippen LogP contribution >= 0.6 is 11.6 Å². The zero-order chi connectivity index (χ0) is 17.5. The molecular weight excluding hydrogens is 330 g/mol. The van der Waals surface area contributed by atoms with Gasteiger partial charge in [0.05, 0.1) is 0 Å². The summed E-state index contributed by atoms with van der Waals surface area (Å²) in [5, 5.41) is 4.29. The maximum absolute atomic E-state index is 6.21. The molecule has 3 heteroatoms. The Kier molecular flexibility index (Phi) is 6.10. The normalized spacial score (nSPS) is 11.9. The Morgan fingerprint density at radius 1 is 0.840 bits per heavy atom. The second-order valence-electron chi connectivity index (χ2n) is 6.00. The fourth-order valence-corrected chi connectivity index (χ4v) is 2.87. The van der Waals surface area contributed by atoms with E-state index in [0.717, 1.165) is 28.4 Å². The van der Waals surface area contributed by atoms with E-state index < -0.39 is 0 Å². The molecular formula is C22H22ClNO. The average Bonchev–Trinajstić information content (AvgIpc) is 2.67. The van der Waals surface area contributed by atoms with E-state index in [2.05, 4.69) is 42.6 Å². The number of nitrogens with one attached hydrogen (secondary N) is 1. The first-order valence-corrected chi connectivity index (χ1v) is 8.84. The lowest BCUT2D eigenvalue weighted by molar-refractivity contribution is 0.302. The minimum Gasteiger partial charge on any atom is -0.489 e. The van der Waals surface area contributed by atoms with E-state index in [4.69, 9.17) is 16.3 Å². The Hall–Kier alpha value is -2.29. The van der Waals surface area contributed by atoms with E-state index >= 15 is 0 Å². The van der Waals surface area contributed by atoms with Crippen molar-refractivity contribution in [3.63, 3.8) is 0 Å². The van der Waals surface area contributed by atoms with Crippen LogP contribution in [0.5, 0.6) is 5.75 Å². The molecule has 0 saturated carbocycles. The summed E-state index contributed by atoms with van der Waals surface area (Å²) >= 11 is 6.21. The van der Waals surface area contributed by atoms with E-state index in [1.54, 1.807) is 0 Å². The molecule has 3 aromatic carbocycles. The zero-order valence-corrected chi connectivity index (χ0v) is 15.0. The van der Waals surface area contributed by atoms with E-state index in [1.165, 1.54) is 5.56 Å². The lowest BCUT2D eigenvalue weighted by Gasteiger charge is -2.17. The lowest BCUT2D eigenvalue weighted by atomic mass is 10.1. The first kappa shape index (κ1) is 17.5. The summed E-state index contributed by atoms with van der Waals surface area (Å²) in [6.45, 7) is 3.38. The van der Waals surface area contributed by atoms with E-state index in [-0.39, 0.29) is 6.04 Å². The summed E-state index contributed by atoms with van der Waals surface area (Å²) in [5.41, 5.74) is 3.40. The molecule has 0 aromatic heterocycles. The van der Waals surface area contributed by atoms with Crippen molar-refractivity contribution in [3.05, 3.63) is 101 Å². The SMILES string of the molecule is C[C@@H](NCc1ccccc1OCc1ccccc1Cl)c1ccccc1. The Balaban J connectivity index is 1.64. The lowest BCUT2D eigenvalue weighted by Crippen LogP contribution is -2.18. The Morgan fingerprint density at radius 3 is 2.24 bits per heavy atom. The van der Waals surface area contributed by atoms with Crippen LogP contribution in [0.4, 0.5) is 0 Å². The molecule has 3 rings (SSSR count). The third-order valence-corrected chi connectivity index (χ3v) is 4.58. The highest BCUT2D eigenvalue weighted by molar-refractivity contribution is 6.31. The molecule has 0 heterocycles. The highest BCUT2D eigenvalue weighted by atomic mass is 35.5. The van der Waals surface area contributed by atoms with E-state index in [1.807, 2.05) is 48.5 Å². The third-order valence-electron chi connectivity index (χ3n) is 4.21. The Bertz CT molecular complexity index is 804. The van der Waals surface area contributed by atoms with Crippen LogP contribution in [0.1, 0.15) is 29.7 Å². The smallest absolute Gasteiger partial charge is 0.124 e. The minimum atomic E-state index is 0.276. The first-order chi connectivity index (χ1) is 12.2. The molecule has 25 heavy (non-hydrogen) atoms. The van der Waals surface area contributed by atoms with Crippen LogP contribution in [-0.4, -0.2) is 0 Å². The second-order valence-corrected chi connectivity index (χ2v) is 6.41. The van der Waals surface area contributed by atoms with Gasteiger partial charge in [0.2, 0.25) is 0 Å². The van der Waals surface area contributed by atoms with Crippen LogP contribution in [0.25, 0.3) is 0 Å². The number of benzene rings is 3. The molecule has 0 spiro atoms. The maximum atomic E-state index is 6.21. The van der Waals surface area contributed by atoms with Gasteiger partial charge in [-0.2, -0.15) is 0 Å². The van der Waals surface area contributed by atoms with Crippen molar-refractivity contribution in [3.8, 4) is 5.75 Å². The standard InChI is InChI=1S/C22H22ClNO/c1-17(18-9-3-2-4-10-18)24-15-19-11-6-8-14-22(19)25-16-20-12-5-7-13-21(20)23/h2-14,17,24H,15-16H2,1H3/t17-/m1/s1. The molecule has 1 N–H and O–H groups in total. The summed E-state index contributed by atoms with van der Waals surface area (Å²) in [6.07, 6.45) is 0. The second kappa shape index (κ2) is 8.70. The van der Waals surface area contributed by atoms with Gasteiger partial charge in [-0.15, -0.1) is 0 Å². The molecule has 0 radical (unpaired) electrons. The van der Waals surface area contributed by atoms with Crippen LogP contribution in [0.2, 0.25) is 5.02 Å². The highest BCUT2D eigenvalue weighted by Gasteiger charge is 2.08. The Morgan fingerprint density at radius 2 is 1.48 bits per heavy atom. The molecule has 1 atom stereocenters. The highest BCUT2D eigenvalue weighted by Crippen LogP contribution is 2.23. The minimum absolute atomic E-state index is 0.276. The van der Waals surface area contributed by atoms with Gasteiger partial charge in [0, 0.05) is 28.7 Å². The number of hydrogen-bond acceptors (Lipinski definition) is 2. The van der Waals surface area contributed by atoms with Crippen LogP contribution < -0.4 is 10.1 Å². The number of ether oxygens (including phenoxy) is 1. The fourth-order valence-electron chi connectivity index (χ4n) is 2.68. The van der Waals surface area contributed by atoms with E-state index in [9.17, 15) is 0 Å². The van der Waals surface area contributed by atoms with Gasteiger partial charge >= 0.3 is 0 Å². The van der Waals surface area contributed by atoms with Gasteiger partial charge in [-0.25, -0.2) is 0 Å². The summed E-state index contributed by atoms with van der Waals surface area (Å²) < 4.78 is 6.02. The molecule has 2 nitrogen and oxygen atoms in total. The predicted molar refractivity (Wildman–Crippen MR) is 104 cm³/mol. The zero-order valence-electron chi connectivity index (χ0n) is 14.3. The molecule has 0 bridgehead atoms. The largest absolute Gasteiger partial charge is 0.489 e. The van der Waals surface area contributed by atoms with Gasteiger partial charge in [0.15, 0.2) is 0 Å². The maximum Gasteiger partial charge on any atom is 0.124 e. The van der Waals surface area contributed by atoms with Crippen LogP contribution in [0.3, 0.4) is 0 Å². The average molecular weight is 352 g/mol. The summed E-state index contributed by atoms with van der Waals surface area (Å²) in [7, 11) is 0. The molecule has 0 amide bonds. The molecule has 0 aliphatic carbocycles. The Labute approximate surface area is 154 Å². The van der Waals surface area contributed by atoms with Crippen LogP contribution in [-0.2, 0) is 13.2 Å². The number of hydrogen-bond donors (Lipinski definition) is 1. The van der Waals surface area contributed by atoms with Crippen molar-refractivity contribution in [1.29, 1.82) is 0 Å². The third kappa shape index (κ3) is 4.85. The molecule has 3 aromatic rings. The van der Waals surface area contributed by atoms with Crippen LogP contribution in [0, 0.1) is 0 Å². The first-order valence-electron chi connectivity index (χ1n) is 8.46. The predicted octanol–water partition coefficient (Wildman–Crippen LogP) is 5.77. The molecule has 0 unspecified atom stereocenters. The van der Waals surface area contributed by atoms with Crippen molar-refractivity contribution in [2.45, 2.75) is 26.1 Å². The number of rotatable bonds is 7. The fraction of sp³-hybridized carbons (Fsp3) is 0.182. The summed E-state index contributed by atoms with van der Waals surface area (Å²) in [5.74, 6) is 0.884. The van der Waals surface area contributed by atoms with Gasteiger partial charge in [0.1, 0.15) is 12.4 Å². The van der Waals surface area contributed by atoms with Crippen molar-refractivity contribution in [2.24, 2.45) is 0 Å². The molecule has 128 valence electrons. The topological polar surface area (TPSA) is 21.3 Å². The van der Waals surface area contributed by atoms with Gasteiger partial charge in [-0.05, 0) is 24.6 Å². The number of halogens is 1.